The van der Waals surface area contributed by atoms with Gasteiger partial charge >= 0.3 is 5.88 Å². The number of nitrogens with two attached hydrogens (primary N) is 2. The van der Waals surface area contributed by atoms with E-state index in [4.69, 9.17) is 16.2 Å². The SMILES string of the molecule is CCc1sc(C)[nH+]c1Oc1cnc(N)nc1N. The molecule has 0 aromatic carbocycles. The van der Waals surface area contributed by atoms with Crippen molar-refractivity contribution in [1.82, 2.24) is 9.97 Å². The van der Waals surface area contributed by atoms with Crippen LogP contribution in [0, 0.1) is 6.92 Å². The first-order valence-electron chi connectivity index (χ1n) is 5.17. The average Bonchev–Trinajstić information content (AvgIpc) is 2.63. The topological polar surface area (TPSA) is 101 Å². The molecule has 0 amide bonds. The van der Waals surface area contributed by atoms with Gasteiger partial charge in [-0.2, -0.15) is 9.97 Å². The number of aryl methyl sites for hydroxylation is 2. The largest absolute Gasteiger partial charge is 0.399 e. The Kier molecular flexibility index (Phi) is 3.10. The second-order valence-corrected chi connectivity index (χ2v) is 4.78. The highest BCUT2D eigenvalue weighted by atomic mass is 32.1. The quantitative estimate of drug-likeness (QED) is 0.854. The number of nitrogen functional groups attached to an aromatic ring is 2. The van der Waals surface area contributed by atoms with E-state index < -0.39 is 0 Å². The van der Waals surface area contributed by atoms with Crippen molar-refractivity contribution in [3.8, 4) is 11.6 Å². The molecular formula is C10H14N5OS+. The van der Waals surface area contributed by atoms with Gasteiger partial charge in [-0.1, -0.05) is 18.3 Å². The molecule has 2 aromatic heterocycles. The van der Waals surface area contributed by atoms with Gasteiger partial charge in [0.05, 0.1) is 6.20 Å². The molecule has 2 rings (SSSR count). The zero-order valence-electron chi connectivity index (χ0n) is 9.65. The van der Waals surface area contributed by atoms with Crippen LogP contribution >= 0.6 is 11.3 Å². The normalized spacial score (nSPS) is 10.5. The van der Waals surface area contributed by atoms with Crippen LogP contribution < -0.4 is 21.2 Å². The van der Waals surface area contributed by atoms with Crippen LogP contribution in [0.15, 0.2) is 6.20 Å². The van der Waals surface area contributed by atoms with Gasteiger partial charge < -0.3 is 16.2 Å². The number of anilines is 2. The Morgan fingerprint density at radius 1 is 1.47 bits per heavy atom. The van der Waals surface area contributed by atoms with Crippen molar-refractivity contribution >= 4 is 23.1 Å². The van der Waals surface area contributed by atoms with Crippen LogP contribution in [0.1, 0.15) is 16.8 Å². The maximum absolute atomic E-state index is 5.70. The molecule has 0 bridgehead atoms. The van der Waals surface area contributed by atoms with Crippen molar-refractivity contribution in [2.75, 3.05) is 11.5 Å². The lowest BCUT2D eigenvalue weighted by Gasteiger charge is -2.03. The number of hydrogen-bond acceptors (Lipinski definition) is 6. The lowest BCUT2D eigenvalue weighted by molar-refractivity contribution is -0.392. The summed E-state index contributed by atoms with van der Waals surface area (Å²) in [7, 11) is 0. The van der Waals surface area contributed by atoms with Gasteiger partial charge in [0.1, 0.15) is 4.88 Å². The van der Waals surface area contributed by atoms with Crippen LogP contribution in [-0.2, 0) is 6.42 Å². The van der Waals surface area contributed by atoms with E-state index in [0.29, 0.717) is 11.6 Å². The third kappa shape index (κ3) is 2.44. The first-order valence-corrected chi connectivity index (χ1v) is 5.99. The van der Waals surface area contributed by atoms with Gasteiger partial charge in [-0.15, -0.1) is 0 Å². The molecule has 6 nitrogen and oxygen atoms in total. The lowest BCUT2D eigenvalue weighted by atomic mass is 10.4. The van der Waals surface area contributed by atoms with Crippen LogP contribution in [-0.4, -0.2) is 9.97 Å². The number of rotatable bonds is 3. The van der Waals surface area contributed by atoms with Gasteiger partial charge in [-0.05, 0) is 6.42 Å². The molecule has 0 aliphatic rings. The van der Waals surface area contributed by atoms with Gasteiger partial charge in [-0.3, -0.25) is 0 Å². The highest BCUT2D eigenvalue weighted by Gasteiger charge is 2.18. The summed E-state index contributed by atoms with van der Waals surface area (Å²) in [6, 6.07) is 0. The predicted molar refractivity (Wildman–Crippen MR) is 65.9 cm³/mol. The summed E-state index contributed by atoms with van der Waals surface area (Å²) in [6.45, 7) is 4.05. The minimum Gasteiger partial charge on any atom is -0.399 e. The van der Waals surface area contributed by atoms with Gasteiger partial charge in [0, 0.05) is 6.92 Å². The Labute approximate surface area is 103 Å². The van der Waals surface area contributed by atoms with E-state index in [1.54, 1.807) is 11.3 Å². The van der Waals surface area contributed by atoms with Crippen molar-refractivity contribution < 1.29 is 9.72 Å². The van der Waals surface area contributed by atoms with E-state index in [-0.39, 0.29) is 11.8 Å². The minimum absolute atomic E-state index is 0.135. The van der Waals surface area contributed by atoms with Crippen molar-refractivity contribution in [3.63, 3.8) is 0 Å². The van der Waals surface area contributed by atoms with Gasteiger partial charge in [0.2, 0.25) is 11.0 Å². The third-order valence-corrected chi connectivity index (χ3v) is 3.28. The zero-order chi connectivity index (χ0) is 12.4. The zero-order valence-corrected chi connectivity index (χ0v) is 10.5. The fraction of sp³-hybridized carbons (Fsp3) is 0.300. The van der Waals surface area contributed by atoms with Crippen molar-refractivity contribution in [1.29, 1.82) is 0 Å². The van der Waals surface area contributed by atoms with Crippen LogP contribution in [0.5, 0.6) is 11.6 Å². The molecule has 0 saturated heterocycles. The predicted octanol–water partition coefficient (Wildman–Crippen LogP) is 1.18. The number of ether oxygens (including phenoxy) is 1. The number of nitrogens with one attached hydrogen (secondary N) is 1. The van der Waals surface area contributed by atoms with Crippen LogP contribution in [0.2, 0.25) is 0 Å². The molecule has 5 N–H and O–H groups in total. The molecule has 90 valence electrons. The summed E-state index contributed by atoms with van der Waals surface area (Å²) in [5.74, 6) is 1.46. The molecule has 0 aliphatic carbocycles. The molecular weight excluding hydrogens is 238 g/mol. The lowest BCUT2D eigenvalue weighted by Crippen LogP contribution is -2.08. The van der Waals surface area contributed by atoms with Crippen molar-refractivity contribution in [3.05, 3.63) is 16.1 Å². The second-order valence-electron chi connectivity index (χ2n) is 3.47. The standard InChI is InChI=1S/C10H13N5OS/c1-3-7-9(14-5(2)17-7)16-6-4-13-10(12)15-8(6)11/h4H,3H2,1-2H3,(H4,11,12,13,15)/p+1. The number of nitrogens with zero attached hydrogens (tertiary/aromatic N) is 2. The fourth-order valence-corrected chi connectivity index (χ4v) is 2.23. The molecule has 0 spiro atoms. The van der Waals surface area contributed by atoms with Gasteiger partial charge in [0.15, 0.2) is 11.6 Å². The first kappa shape index (κ1) is 11.6. The van der Waals surface area contributed by atoms with Gasteiger partial charge in [-0.25, -0.2) is 4.98 Å². The number of hydrogen-bond donors (Lipinski definition) is 2. The highest BCUT2D eigenvalue weighted by molar-refractivity contribution is 7.11. The Balaban J connectivity index is 2.30. The summed E-state index contributed by atoms with van der Waals surface area (Å²) in [5.41, 5.74) is 11.1. The number of thiazole rings is 1. The van der Waals surface area contributed by atoms with E-state index in [1.807, 2.05) is 6.92 Å². The summed E-state index contributed by atoms with van der Waals surface area (Å²) in [6.07, 6.45) is 2.36. The smallest absolute Gasteiger partial charge is 0.386 e. The molecule has 0 radical (unpaired) electrons. The molecule has 0 unspecified atom stereocenters. The fourth-order valence-electron chi connectivity index (χ4n) is 1.39. The van der Waals surface area contributed by atoms with Crippen LogP contribution in [0.3, 0.4) is 0 Å². The number of aromatic nitrogens is 3. The van der Waals surface area contributed by atoms with Gasteiger partial charge in [0.25, 0.3) is 0 Å². The minimum atomic E-state index is 0.135. The maximum Gasteiger partial charge on any atom is 0.386 e. The summed E-state index contributed by atoms with van der Waals surface area (Å²) in [4.78, 5) is 12.0. The third-order valence-electron chi connectivity index (χ3n) is 2.15. The average molecular weight is 252 g/mol. The molecule has 2 aromatic rings. The van der Waals surface area contributed by atoms with Crippen molar-refractivity contribution in [2.24, 2.45) is 0 Å². The van der Waals surface area contributed by atoms with Crippen LogP contribution in [0.4, 0.5) is 11.8 Å². The van der Waals surface area contributed by atoms with E-state index in [0.717, 1.165) is 16.3 Å². The maximum atomic E-state index is 5.70. The molecule has 2 heterocycles. The highest BCUT2D eigenvalue weighted by Crippen LogP contribution is 2.28. The van der Waals surface area contributed by atoms with Crippen LogP contribution in [0.25, 0.3) is 0 Å². The Morgan fingerprint density at radius 2 is 2.24 bits per heavy atom. The number of H-pyrrole nitrogens is 1. The number of aromatic amines is 1. The Morgan fingerprint density at radius 3 is 2.88 bits per heavy atom. The second kappa shape index (κ2) is 4.54. The summed E-state index contributed by atoms with van der Waals surface area (Å²) in [5, 5.41) is 1.08. The van der Waals surface area contributed by atoms with Crippen molar-refractivity contribution in [2.45, 2.75) is 20.3 Å². The molecule has 0 saturated carbocycles. The molecule has 0 atom stereocenters. The van der Waals surface area contributed by atoms with E-state index in [9.17, 15) is 0 Å². The summed E-state index contributed by atoms with van der Waals surface area (Å²) < 4.78 is 5.66. The summed E-state index contributed by atoms with van der Waals surface area (Å²) >= 11 is 1.66. The molecule has 0 fully saturated rings. The molecule has 7 heteroatoms. The van der Waals surface area contributed by atoms with E-state index in [1.165, 1.54) is 6.20 Å². The monoisotopic (exact) mass is 252 g/mol. The van der Waals surface area contributed by atoms with E-state index >= 15 is 0 Å². The Hall–Kier alpha value is -1.89. The first-order chi connectivity index (χ1) is 8.10. The molecule has 0 aliphatic heterocycles. The van der Waals surface area contributed by atoms with E-state index in [2.05, 4.69) is 21.9 Å². The molecule has 17 heavy (non-hydrogen) atoms. The Bertz CT molecular complexity index is 539.